The van der Waals surface area contributed by atoms with Gasteiger partial charge in [-0.25, -0.2) is 0 Å². The van der Waals surface area contributed by atoms with Crippen LogP contribution in [0.5, 0.6) is 0 Å². The lowest BCUT2D eigenvalue weighted by Crippen LogP contribution is -2.24. The Balaban J connectivity index is 1.43. The second-order valence-corrected chi connectivity index (χ2v) is 9.88. The minimum absolute atomic E-state index is 0.140. The molecule has 0 atom stereocenters. The Labute approximate surface area is 195 Å². The van der Waals surface area contributed by atoms with Gasteiger partial charge in [-0.15, -0.1) is 0 Å². The van der Waals surface area contributed by atoms with Crippen molar-refractivity contribution in [2.45, 2.75) is 38.5 Å². The van der Waals surface area contributed by atoms with Crippen LogP contribution in [0.2, 0.25) is 0 Å². The molecule has 3 aromatic rings. The van der Waals surface area contributed by atoms with E-state index < -0.39 is 0 Å². The van der Waals surface area contributed by atoms with Crippen LogP contribution in [0.4, 0.5) is 11.4 Å². The lowest BCUT2D eigenvalue weighted by molar-refractivity contribution is 0.367. The number of nitrogens with two attached hydrogens (primary N) is 1. The van der Waals surface area contributed by atoms with E-state index in [4.69, 9.17) is 5.73 Å². The average molecular weight is 499 g/mol. The standard InChI is InChI=1S/C24H27BrN4OS/c25-18-8-12-20(13-9-18)28-19-10-6-16(7-11-19)14-21-22(24(30)29-31-21)23(26)27-15-17-4-2-1-3-5-17/h6-13,17,28H,1-5,14-15H2,(H2,26,27)(H,29,30). The van der Waals surface area contributed by atoms with Gasteiger partial charge >= 0.3 is 0 Å². The van der Waals surface area contributed by atoms with Gasteiger partial charge in [0.25, 0.3) is 5.56 Å². The molecule has 5 nitrogen and oxygen atoms in total. The molecule has 1 aliphatic rings. The van der Waals surface area contributed by atoms with E-state index in [9.17, 15) is 4.79 Å². The van der Waals surface area contributed by atoms with Gasteiger partial charge in [0.05, 0.1) is 5.56 Å². The third-order valence-corrected chi connectivity index (χ3v) is 7.14. The van der Waals surface area contributed by atoms with Crippen molar-refractivity contribution in [1.82, 2.24) is 4.37 Å². The van der Waals surface area contributed by atoms with Crippen LogP contribution < -0.4 is 16.6 Å². The van der Waals surface area contributed by atoms with Gasteiger partial charge in [0.15, 0.2) is 0 Å². The lowest BCUT2D eigenvalue weighted by Gasteiger charge is -2.19. The van der Waals surface area contributed by atoms with E-state index in [-0.39, 0.29) is 5.56 Å². The fraction of sp³-hybridized carbons (Fsp3) is 0.333. The van der Waals surface area contributed by atoms with Crippen LogP contribution in [0, 0.1) is 5.92 Å². The molecule has 7 heteroatoms. The molecule has 0 radical (unpaired) electrons. The summed E-state index contributed by atoms with van der Waals surface area (Å²) in [6.45, 7) is 0.719. The normalized spacial score (nSPS) is 15.2. The summed E-state index contributed by atoms with van der Waals surface area (Å²) in [4.78, 5) is 17.9. The lowest BCUT2D eigenvalue weighted by atomic mass is 9.89. The number of nitrogens with zero attached hydrogens (tertiary/aromatic N) is 1. The minimum Gasteiger partial charge on any atom is -0.383 e. The smallest absolute Gasteiger partial charge is 0.269 e. The van der Waals surface area contributed by atoms with Crippen molar-refractivity contribution in [1.29, 1.82) is 0 Å². The number of anilines is 2. The summed E-state index contributed by atoms with van der Waals surface area (Å²) in [5.41, 5.74) is 9.83. The zero-order valence-electron chi connectivity index (χ0n) is 17.4. The van der Waals surface area contributed by atoms with Crippen molar-refractivity contribution in [2.24, 2.45) is 16.6 Å². The molecule has 1 aliphatic carbocycles. The van der Waals surface area contributed by atoms with E-state index in [0.717, 1.165) is 32.8 Å². The van der Waals surface area contributed by atoms with Gasteiger partial charge in [-0.2, -0.15) is 0 Å². The first-order valence-corrected chi connectivity index (χ1v) is 12.3. The summed E-state index contributed by atoms with van der Waals surface area (Å²) in [5.74, 6) is 0.968. The van der Waals surface area contributed by atoms with Crippen LogP contribution in [0.1, 0.15) is 48.1 Å². The van der Waals surface area contributed by atoms with E-state index in [1.54, 1.807) is 0 Å². The predicted octanol–water partition coefficient (Wildman–Crippen LogP) is 5.82. The third kappa shape index (κ3) is 5.86. The number of halogens is 1. The maximum absolute atomic E-state index is 12.4. The van der Waals surface area contributed by atoms with Crippen LogP contribution in [0.3, 0.4) is 0 Å². The average Bonchev–Trinajstić information content (AvgIpc) is 3.15. The molecular weight excluding hydrogens is 472 g/mol. The van der Waals surface area contributed by atoms with Crippen LogP contribution in [-0.2, 0) is 6.42 Å². The third-order valence-electron chi connectivity index (χ3n) is 5.73. The Bertz CT molecular complexity index is 1080. The first kappa shape index (κ1) is 21.8. The molecule has 4 rings (SSSR count). The van der Waals surface area contributed by atoms with Gasteiger partial charge in [0.2, 0.25) is 0 Å². The van der Waals surface area contributed by atoms with Crippen LogP contribution in [0.25, 0.3) is 0 Å². The quantitative estimate of drug-likeness (QED) is 0.283. The molecule has 2 aromatic carbocycles. The molecule has 1 aromatic heterocycles. The molecule has 0 unspecified atom stereocenters. The van der Waals surface area contributed by atoms with E-state index in [1.165, 1.54) is 43.6 Å². The van der Waals surface area contributed by atoms with Crippen molar-refractivity contribution >= 4 is 44.7 Å². The highest BCUT2D eigenvalue weighted by molar-refractivity contribution is 9.10. The van der Waals surface area contributed by atoms with Crippen molar-refractivity contribution in [3.8, 4) is 0 Å². The summed E-state index contributed by atoms with van der Waals surface area (Å²) in [7, 11) is 0. The highest BCUT2D eigenvalue weighted by Crippen LogP contribution is 2.24. The predicted molar refractivity (Wildman–Crippen MR) is 134 cm³/mol. The van der Waals surface area contributed by atoms with Gasteiger partial charge in [0, 0.05) is 33.7 Å². The molecule has 0 bridgehead atoms. The molecule has 0 saturated heterocycles. The summed E-state index contributed by atoms with van der Waals surface area (Å²) in [6.07, 6.45) is 6.95. The van der Waals surface area contributed by atoms with Gasteiger partial charge in [-0.3, -0.25) is 14.2 Å². The first-order chi connectivity index (χ1) is 15.1. The highest BCUT2D eigenvalue weighted by Gasteiger charge is 2.17. The molecule has 0 spiro atoms. The van der Waals surface area contributed by atoms with Crippen LogP contribution >= 0.6 is 27.5 Å². The highest BCUT2D eigenvalue weighted by atomic mass is 79.9. The van der Waals surface area contributed by atoms with Gasteiger partial charge in [-0.1, -0.05) is 58.9 Å². The fourth-order valence-electron chi connectivity index (χ4n) is 3.99. The number of aromatic nitrogens is 1. The summed E-state index contributed by atoms with van der Waals surface area (Å²) < 4.78 is 3.89. The number of amidine groups is 1. The Morgan fingerprint density at radius 3 is 2.39 bits per heavy atom. The molecule has 0 amide bonds. The SMILES string of the molecule is NC(=NCC1CCCCC1)c1c(Cc2ccc(Nc3ccc(Br)cc3)cc2)s[nH]c1=O. The zero-order chi connectivity index (χ0) is 21.6. The van der Waals surface area contributed by atoms with Gasteiger partial charge in [0.1, 0.15) is 5.84 Å². The van der Waals surface area contributed by atoms with E-state index in [2.05, 4.69) is 42.7 Å². The van der Waals surface area contributed by atoms with Crippen molar-refractivity contribution in [3.05, 3.63) is 79.4 Å². The van der Waals surface area contributed by atoms with E-state index in [1.807, 2.05) is 36.4 Å². The van der Waals surface area contributed by atoms with Gasteiger partial charge < -0.3 is 11.1 Å². The van der Waals surface area contributed by atoms with Crippen LogP contribution in [0.15, 0.2) is 62.8 Å². The Morgan fingerprint density at radius 2 is 1.71 bits per heavy atom. The minimum atomic E-state index is -0.140. The summed E-state index contributed by atoms with van der Waals surface area (Å²) in [5, 5.41) is 3.39. The number of aromatic amines is 1. The number of hydrogen-bond donors (Lipinski definition) is 3. The molecule has 162 valence electrons. The van der Waals surface area contributed by atoms with Crippen molar-refractivity contribution < 1.29 is 0 Å². The summed E-state index contributed by atoms with van der Waals surface area (Å²) in [6, 6.07) is 16.3. The van der Waals surface area contributed by atoms with Crippen molar-refractivity contribution in [2.75, 3.05) is 11.9 Å². The first-order valence-electron chi connectivity index (χ1n) is 10.7. The molecule has 31 heavy (non-hydrogen) atoms. The zero-order valence-corrected chi connectivity index (χ0v) is 19.8. The van der Waals surface area contributed by atoms with Crippen LogP contribution in [-0.4, -0.2) is 16.8 Å². The van der Waals surface area contributed by atoms with Gasteiger partial charge in [-0.05, 0) is 60.7 Å². The number of hydrogen-bond acceptors (Lipinski definition) is 4. The van der Waals surface area contributed by atoms with E-state index in [0.29, 0.717) is 23.7 Å². The number of nitrogens with one attached hydrogen (secondary N) is 2. The maximum Gasteiger partial charge on any atom is 0.269 e. The second-order valence-electron chi connectivity index (χ2n) is 8.07. The summed E-state index contributed by atoms with van der Waals surface area (Å²) >= 11 is 4.80. The molecular formula is C24H27BrN4OS. The maximum atomic E-state index is 12.4. The molecule has 1 heterocycles. The largest absolute Gasteiger partial charge is 0.383 e. The Kier molecular flexibility index (Phi) is 7.25. The monoisotopic (exact) mass is 498 g/mol. The molecule has 4 N–H and O–H groups in total. The topological polar surface area (TPSA) is 83.3 Å². The molecule has 0 aliphatic heterocycles. The number of benzene rings is 2. The second kappa shape index (κ2) is 10.3. The molecule has 1 fully saturated rings. The number of rotatable bonds is 7. The fourth-order valence-corrected chi connectivity index (χ4v) is 5.11. The van der Waals surface area contributed by atoms with E-state index >= 15 is 0 Å². The Morgan fingerprint density at radius 1 is 1.06 bits per heavy atom. The Hall–Kier alpha value is -2.38. The number of aliphatic imine (C=N–C) groups is 1. The van der Waals surface area contributed by atoms with Crippen molar-refractivity contribution in [3.63, 3.8) is 0 Å². The number of H-pyrrole nitrogens is 1. The molecule has 1 saturated carbocycles.